The predicted molar refractivity (Wildman–Crippen MR) is 84.6 cm³/mol. The van der Waals surface area contributed by atoms with E-state index in [0.29, 0.717) is 18.2 Å². The number of hydrogen-bond acceptors (Lipinski definition) is 4. The van der Waals surface area contributed by atoms with Crippen LogP contribution in [0.4, 0.5) is 5.69 Å². The summed E-state index contributed by atoms with van der Waals surface area (Å²) in [5.41, 5.74) is -0.0782. The van der Waals surface area contributed by atoms with Crippen LogP contribution in [-0.2, 0) is 11.3 Å². The lowest BCUT2D eigenvalue weighted by molar-refractivity contribution is -0.121. The van der Waals surface area contributed by atoms with E-state index in [4.69, 9.17) is 11.6 Å². The van der Waals surface area contributed by atoms with Crippen LogP contribution >= 0.6 is 11.6 Å². The van der Waals surface area contributed by atoms with Gasteiger partial charge in [0.15, 0.2) is 0 Å². The van der Waals surface area contributed by atoms with Gasteiger partial charge < -0.3 is 10.6 Å². The Balaban J connectivity index is 2.79. The van der Waals surface area contributed by atoms with Crippen molar-refractivity contribution in [2.45, 2.75) is 33.4 Å². The highest BCUT2D eigenvalue weighted by Gasteiger charge is 2.16. The number of carbonyl (C=O) groups excluding carboxylic acids is 1. The first-order valence-corrected chi connectivity index (χ1v) is 7.15. The van der Waals surface area contributed by atoms with E-state index in [2.05, 4.69) is 22.3 Å². The molecule has 21 heavy (non-hydrogen) atoms. The highest BCUT2D eigenvalue weighted by atomic mass is 35.5. The van der Waals surface area contributed by atoms with Crippen LogP contribution in [0.15, 0.2) is 23.6 Å². The summed E-state index contributed by atoms with van der Waals surface area (Å²) in [5.74, 6) is 0.212. The standard InChI is InChI=1S/C14H21ClN4O2/c1-5-6-19-14(21)12(15)11(8-17-19)18-10(4)13(20)16-7-9(2)3/h5,8-10,18H,1,6-7H2,2-4H3,(H,16,20). The second-order valence-electron chi connectivity index (χ2n) is 5.15. The smallest absolute Gasteiger partial charge is 0.287 e. The van der Waals surface area contributed by atoms with E-state index in [1.807, 2.05) is 13.8 Å². The lowest BCUT2D eigenvalue weighted by atomic mass is 10.2. The van der Waals surface area contributed by atoms with Gasteiger partial charge >= 0.3 is 0 Å². The number of aromatic nitrogens is 2. The number of allylic oxidation sites excluding steroid dienone is 1. The molecule has 1 rings (SSSR count). The number of hydrogen-bond donors (Lipinski definition) is 2. The Hall–Kier alpha value is -1.82. The molecule has 0 fully saturated rings. The number of halogens is 1. The van der Waals surface area contributed by atoms with Gasteiger partial charge in [-0.15, -0.1) is 6.58 Å². The molecule has 0 aliphatic rings. The van der Waals surface area contributed by atoms with Gasteiger partial charge in [-0.2, -0.15) is 5.10 Å². The van der Waals surface area contributed by atoms with E-state index < -0.39 is 11.6 Å². The van der Waals surface area contributed by atoms with Crippen LogP contribution < -0.4 is 16.2 Å². The third-order valence-corrected chi connectivity index (χ3v) is 3.10. The molecule has 1 atom stereocenters. The number of amides is 1. The average molecular weight is 313 g/mol. The summed E-state index contributed by atoms with van der Waals surface area (Å²) in [6, 6.07) is -0.516. The normalized spacial score (nSPS) is 12.0. The zero-order chi connectivity index (χ0) is 16.0. The largest absolute Gasteiger partial charge is 0.371 e. The average Bonchev–Trinajstić information content (AvgIpc) is 2.44. The number of anilines is 1. The molecule has 6 nitrogen and oxygen atoms in total. The highest BCUT2D eigenvalue weighted by Crippen LogP contribution is 2.16. The Kier molecular flexibility index (Phi) is 6.42. The first-order chi connectivity index (χ1) is 9.86. The molecular formula is C14H21ClN4O2. The van der Waals surface area contributed by atoms with Crippen LogP contribution in [0.2, 0.25) is 5.02 Å². The maximum atomic E-state index is 11.9. The molecule has 0 saturated heterocycles. The van der Waals surface area contributed by atoms with Gasteiger partial charge in [0.25, 0.3) is 5.56 Å². The van der Waals surface area contributed by atoms with Crippen LogP contribution in [0.5, 0.6) is 0 Å². The lowest BCUT2D eigenvalue weighted by Gasteiger charge is -2.17. The first-order valence-electron chi connectivity index (χ1n) is 6.77. The van der Waals surface area contributed by atoms with Crippen molar-refractivity contribution in [1.29, 1.82) is 0 Å². The lowest BCUT2D eigenvalue weighted by Crippen LogP contribution is -2.39. The van der Waals surface area contributed by atoms with Crippen molar-refractivity contribution in [3.63, 3.8) is 0 Å². The molecule has 0 bridgehead atoms. The quantitative estimate of drug-likeness (QED) is 0.751. The van der Waals surface area contributed by atoms with Gasteiger partial charge in [-0.3, -0.25) is 9.59 Å². The predicted octanol–water partition coefficient (Wildman–Crippen LogP) is 1.66. The summed E-state index contributed by atoms with van der Waals surface area (Å²) in [6.45, 7) is 10.1. The Morgan fingerprint density at radius 1 is 1.52 bits per heavy atom. The summed E-state index contributed by atoms with van der Waals surface area (Å²) >= 11 is 6.01. The monoisotopic (exact) mass is 312 g/mol. The second kappa shape index (κ2) is 7.83. The topological polar surface area (TPSA) is 76.0 Å². The van der Waals surface area contributed by atoms with Gasteiger partial charge in [0.05, 0.1) is 18.4 Å². The molecule has 1 aromatic heterocycles. The van der Waals surface area contributed by atoms with Gasteiger partial charge in [-0.1, -0.05) is 31.5 Å². The number of carbonyl (C=O) groups is 1. The van der Waals surface area contributed by atoms with Crippen molar-refractivity contribution in [1.82, 2.24) is 15.1 Å². The number of rotatable bonds is 7. The van der Waals surface area contributed by atoms with Gasteiger partial charge in [-0.05, 0) is 12.8 Å². The number of nitrogens with zero attached hydrogens (tertiary/aromatic N) is 2. The van der Waals surface area contributed by atoms with E-state index in [1.54, 1.807) is 13.0 Å². The zero-order valence-corrected chi connectivity index (χ0v) is 13.3. The summed E-state index contributed by atoms with van der Waals surface area (Å²) in [6.07, 6.45) is 2.99. The minimum absolute atomic E-state index is 0.00959. The molecule has 0 aliphatic carbocycles. The summed E-state index contributed by atoms with van der Waals surface area (Å²) in [4.78, 5) is 23.8. The Labute approximate surface area is 129 Å². The molecule has 1 amide bonds. The second-order valence-corrected chi connectivity index (χ2v) is 5.53. The van der Waals surface area contributed by atoms with Crippen LogP contribution in [-0.4, -0.2) is 28.3 Å². The van der Waals surface area contributed by atoms with Crippen LogP contribution in [0.3, 0.4) is 0 Å². The van der Waals surface area contributed by atoms with Gasteiger partial charge in [-0.25, -0.2) is 4.68 Å². The molecule has 1 aromatic rings. The fraction of sp³-hybridized carbons (Fsp3) is 0.500. The molecular weight excluding hydrogens is 292 g/mol. The molecule has 0 aromatic carbocycles. The minimum Gasteiger partial charge on any atom is -0.371 e. The molecule has 0 saturated carbocycles. The van der Waals surface area contributed by atoms with Crippen molar-refractivity contribution in [3.8, 4) is 0 Å². The number of nitrogens with one attached hydrogen (secondary N) is 2. The Morgan fingerprint density at radius 3 is 2.76 bits per heavy atom. The van der Waals surface area contributed by atoms with Crippen molar-refractivity contribution in [2.24, 2.45) is 5.92 Å². The summed E-state index contributed by atoms with van der Waals surface area (Å²) in [7, 11) is 0. The first kappa shape index (κ1) is 17.2. The molecule has 2 N–H and O–H groups in total. The van der Waals surface area contributed by atoms with Gasteiger partial charge in [0, 0.05) is 6.54 Å². The maximum Gasteiger partial charge on any atom is 0.287 e. The fourth-order valence-electron chi connectivity index (χ4n) is 1.57. The third kappa shape index (κ3) is 4.90. The van der Waals surface area contributed by atoms with Crippen molar-refractivity contribution in [2.75, 3.05) is 11.9 Å². The van der Waals surface area contributed by atoms with E-state index in [9.17, 15) is 9.59 Å². The summed E-state index contributed by atoms with van der Waals surface area (Å²) in [5, 5.41) is 9.68. The zero-order valence-electron chi connectivity index (χ0n) is 12.5. The van der Waals surface area contributed by atoms with Crippen molar-refractivity contribution < 1.29 is 4.79 Å². The SMILES string of the molecule is C=CCn1ncc(NC(C)C(=O)NCC(C)C)c(Cl)c1=O. The molecule has 0 radical (unpaired) electrons. The molecule has 0 aliphatic heterocycles. The van der Waals surface area contributed by atoms with E-state index in [-0.39, 0.29) is 17.5 Å². The molecule has 7 heteroatoms. The Morgan fingerprint density at radius 2 is 2.19 bits per heavy atom. The molecule has 1 unspecified atom stereocenters. The van der Waals surface area contributed by atoms with E-state index in [1.165, 1.54) is 10.9 Å². The molecule has 1 heterocycles. The van der Waals surface area contributed by atoms with Gasteiger partial charge in [0.2, 0.25) is 5.91 Å². The van der Waals surface area contributed by atoms with Crippen LogP contribution in [0, 0.1) is 5.92 Å². The van der Waals surface area contributed by atoms with Crippen molar-refractivity contribution in [3.05, 3.63) is 34.2 Å². The van der Waals surface area contributed by atoms with Crippen LogP contribution in [0.25, 0.3) is 0 Å². The third-order valence-electron chi connectivity index (χ3n) is 2.74. The van der Waals surface area contributed by atoms with Gasteiger partial charge in [0.1, 0.15) is 11.1 Å². The van der Waals surface area contributed by atoms with Crippen molar-refractivity contribution >= 4 is 23.2 Å². The highest BCUT2D eigenvalue weighted by molar-refractivity contribution is 6.33. The van der Waals surface area contributed by atoms with Crippen LogP contribution in [0.1, 0.15) is 20.8 Å². The Bertz CT molecular complexity index is 569. The maximum absolute atomic E-state index is 11.9. The van der Waals surface area contributed by atoms with E-state index >= 15 is 0 Å². The summed E-state index contributed by atoms with van der Waals surface area (Å²) < 4.78 is 1.20. The molecule has 116 valence electrons. The minimum atomic E-state index is -0.516. The fourth-order valence-corrected chi connectivity index (χ4v) is 1.78. The van der Waals surface area contributed by atoms with E-state index in [0.717, 1.165) is 0 Å². The molecule has 0 spiro atoms.